The molecular weight excluding hydrogens is 661 g/mol. The van der Waals surface area contributed by atoms with Crippen molar-refractivity contribution in [3.8, 4) is 39.9 Å². The van der Waals surface area contributed by atoms with Crippen molar-refractivity contribution in [1.29, 1.82) is 0 Å². The van der Waals surface area contributed by atoms with Crippen LogP contribution in [0.25, 0.3) is 72.4 Å². The molecule has 3 heterocycles. The van der Waals surface area contributed by atoms with Crippen LogP contribution in [0.4, 0.5) is 17.1 Å². The monoisotopic (exact) mass is 692 g/mol. The van der Waals surface area contributed by atoms with Gasteiger partial charge in [0.15, 0.2) is 17.5 Å². The Morgan fingerprint density at radius 2 is 1.04 bits per heavy atom. The zero-order valence-corrected chi connectivity index (χ0v) is 29.2. The van der Waals surface area contributed by atoms with E-state index in [0.717, 1.165) is 55.9 Å². The number of aromatic nitrogens is 5. The Hall–Kier alpha value is -7.44. The summed E-state index contributed by atoms with van der Waals surface area (Å²) < 4.78 is 2.38. The van der Waals surface area contributed by atoms with Crippen LogP contribution >= 0.6 is 0 Å². The van der Waals surface area contributed by atoms with Crippen LogP contribution in [-0.4, -0.2) is 24.5 Å². The zero-order chi connectivity index (χ0) is 35.8. The Labute approximate surface area is 312 Å². The summed E-state index contributed by atoms with van der Waals surface area (Å²) >= 11 is 0. The van der Waals surface area contributed by atoms with Crippen molar-refractivity contribution in [3.63, 3.8) is 0 Å². The van der Waals surface area contributed by atoms with Gasteiger partial charge in [-0.15, -0.1) is 0 Å². The summed E-state index contributed by atoms with van der Waals surface area (Å²) in [5, 5.41) is 4.70. The van der Waals surface area contributed by atoms with Crippen molar-refractivity contribution >= 4 is 49.6 Å². The molecule has 54 heavy (non-hydrogen) atoms. The molecule has 0 saturated carbocycles. The van der Waals surface area contributed by atoms with Crippen LogP contribution in [0.15, 0.2) is 194 Å². The standard InChI is InChI=1S/C48H32N6/c1-4-15-34(16-5-1)46-50-47(35-17-6-2-7-18-35)52-48(51-46)36-19-12-22-38(30-36)54-44-28-26-39(53(37-20-8-3-9-21-37)40-23-13-29-49-32-40)31-43(44)42-27-25-33-14-10-11-24-41(33)45(42)54/h1-32H. The molecular formula is C48H32N6. The summed E-state index contributed by atoms with van der Waals surface area (Å²) in [6.45, 7) is 0. The first-order chi connectivity index (χ1) is 26.8. The van der Waals surface area contributed by atoms with E-state index in [1.807, 2.05) is 85.2 Å². The number of hydrogen-bond acceptors (Lipinski definition) is 5. The number of anilines is 3. The van der Waals surface area contributed by atoms with Gasteiger partial charge in [-0.25, -0.2) is 15.0 Å². The second-order valence-corrected chi connectivity index (χ2v) is 13.2. The van der Waals surface area contributed by atoms with Gasteiger partial charge in [-0.1, -0.05) is 127 Å². The van der Waals surface area contributed by atoms with E-state index >= 15 is 0 Å². The number of fused-ring (bicyclic) bond motifs is 5. The molecule has 10 rings (SSSR count). The minimum Gasteiger partial charge on any atom is -0.309 e. The van der Waals surface area contributed by atoms with E-state index in [1.54, 1.807) is 0 Å². The summed E-state index contributed by atoms with van der Waals surface area (Å²) in [6, 6.07) is 63.1. The van der Waals surface area contributed by atoms with Gasteiger partial charge in [-0.05, 0) is 60.0 Å². The smallest absolute Gasteiger partial charge is 0.164 e. The Balaban J connectivity index is 1.19. The summed E-state index contributed by atoms with van der Waals surface area (Å²) in [7, 11) is 0. The van der Waals surface area contributed by atoms with E-state index in [-0.39, 0.29) is 0 Å². The van der Waals surface area contributed by atoms with Crippen LogP contribution in [0.1, 0.15) is 0 Å². The van der Waals surface area contributed by atoms with E-state index in [2.05, 4.69) is 124 Å². The molecule has 7 aromatic carbocycles. The highest BCUT2D eigenvalue weighted by Gasteiger charge is 2.20. The third-order valence-electron chi connectivity index (χ3n) is 9.87. The van der Waals surface area contributed by atoms with Gasteiger partial charge in [0.25, 0.3) is 0 Å². The summed E-state index contributed by atoms with van der Waals surface area (Å²) in [5.74, 6) is 1.89. The molecule has 6 heteroatoms. The first-order valence-corrected chi connectivity index (χ1v) is 18.0. The number of nitrogens with zero attached hydrogens (tertiary/aromatic N) is 6. The lowest BCUT2D eigenvalue weighted by molar-refractivity contribution is 1.07. The number of pyridine rings is 1. The fourth-order valence-electron chi connectivity index (χ4n) is 7.41. The summed E-state index contributed by atoms with van der Waals surface area (Å²) in [5.41, 5.74) is 9.16. The molecule has 0 spiro atoms. The van der Waals surface area contributed by atoms with Crippen LogP contribution in [0, 0.1) is 0 Å². The van der Waals surface area contributed by atoms with E-state index < -0.39 is 0 Å². The third kappa shape index (κ3) is 5.54. The van der Waals surface area contributed by atoms with Crippen LogP contribution < -0.4 is 4.90 Å². The topological polar surface area (TPSA) is 59.7 Å². The van der Waals surface area contributed by atoms with Gasteiger partial charge in [0.05, 0.1) is 22.9 Å². The Bertz CT molecular complexity index is 2830. The maximum Gasteiger partial charge on any atom is 0.164 e. The Kier molecular flexibility index (Phi) is 7.69. The van der Waals surface area contributed by atoms with E-state index in [4.69, 9.17) is 15.0 Å². The molecule has 10 aromatic rings. The largest absolute Gasteiger partial charge is 0.309 e. The minimum atomic E-state index is 0.618. The average molecular weight is 693 g/mol. The Morgan fingerprint density at radius 3 is 1.74 bits per heavy atom. The van der Waals surface area contributed by atoms with E-state index in [1.165, 1.54) is 16.2 Å². The normalized spacial score (nSPS) is 11.3. The second-order valence-electron chi connectivity index (χ2n) is 13.2. The van der Waals surface area contributed by atoms with E-state index in [0.29, 0.717) is 17.5 Å². The highest BCUT2D eigenvalue weighted by Crippen LogP contribution is 2.41. The molecule has 0 amide bonds. The molecule has 0 aliphatic rings. The van der Waals surface area contributed by atoms with Crippen molar-refractivity contribution in [1.82, 2.24) is 24.5 Å². The highest BCUT2D eigenvalue weighted by atomic mass is 15.1. The Morgan fingerprint density at radius 1 is 0.407 bits per heavy atom. The molecule has 0 bridgehead atoms. The lowest BCUT2D eigenvalue weighted by atomic mass is 10.1. The molecule has 0 atom stereocenters. The van der Waals surface area contributed by atoms with Crippen molar-refractivity contribution in [2.24, 2.45) is 0 Å². The van der Waals surface area contributed by atoms with Gasteiger partial charge in [0.1, 0.15) is 0 Å². The van der Waals surface area contributed by atoms with Crippen LogP contribution in [0.3, 0.4) is 0 Å². The average Bonchev–Trinajstić information content (AvgIpc) is 3.59. The van der Waals surface area contributed by atoms with Gasteiger partial charge in [-0.2, -0.15) is 0 Å². The fourth-order valence-corrected chi connectivity index (χ4v) is 7.41. The van der Waals surface area contributed by atoms with Gasteiger partial charge >= 0.3 is 0 Å². The number of benzene rings is 7. The predicted octanol–water partition coefficient (Wildman–Crippen LogP) is 12.0. The SMILES string of the molecule is c1ccc(-c2nc(-c3ccccc3)nc(-c3cccc(-n4c5ccc(N(c6ccccc6)c6cccnc6)cc5c5ccc6ccccc6c54)c3)n2)cc1. The van der Waals surface area contributed by atoms with Gasteiger partial charge in [0, 0.05) is 56.1 Å². The zero-order valence-electron chi connectivity index (χ0n) is 29.2. The molecule has 0 saturated heterocycles. The van der Waals surface area contributed by atoms with Gasteiger partial charge in [0.2, 0.25) is 0 Å². The third-order valence-corrected chi connectivity index (χ3v) is 9.87. The molecule has 6 nitrogen and oxygen atoms in total. The molecule has 0 aliphatic carbocycles. The summed E-state index contributed by atoms with van der Waals surface area (Å²) in [6.07, 6.45) is 3.72. The molecule has 254 valence electrons. The van der Waals surface area contributed by atoms with Crippen molar-refractivity contribution < 1.29 is 0 Å². The number of para-hydroxylation sites is 1. The number of hydrogen-bond donors (Lipinski definition) is 0. The van der Waals surface area contributed by atoms with Crippen molar-refractivity contribution in [3.05, 3.63) is 194 Å². The van der Waals surface area contributed by atoms with Gasteiger partial charge < -0.3 is 9.47 Å². The fraction of sp³-hybridized carbons (Fsp3) is 0. The molecule has 0 unspecified atom stereocenters. The van der Waals surface area contributed by atoms with Crippen molar-refractivity contribution in [2.75, 3.05) is 4.90 Å². The first-order valence-electron chi connectivity index (χ1n) is 18.0. The molecule has 0 N–H and O–H groups in total. The minimum absolute atomic E-state index is 0.618. The van der Waals surface area contributed by atoms with E-state index in [9.17, 15) is 0 Å². The molecule has 3 aromatic heterocycles. The van der Waals surface area contributed by atoms with Crippen LogP contribution in [0.2, 0.25) is 0 Å². The van der Waals surface area contributed by atoms with Gasteiger partial charge in [-0.3, -0.25) is 4.98 Å². The number of rotatable bonds is 7. The van der Waals surface area contributed by atoms with Crippen LogP contribution in [0.5, 0.6) is 0 Å². The van der Waals surface area contributed by atoms with Crippen molar-refractivity contribution in [2.45, 2.75) is 0 Å². The maximum absolute atomic E-state index is 5.04. The maximum atomic E-state index is 5.04. The molecule has 0 radical (unpaired) electrons. The van der Waals surface area contributed by atoms with Crippen LogP contribution in [-0.2, 0) is 0 Å². The predicted molar refractivity (Wildman–Crippen MR) is 220 cm³/mol. The first kappa shape index (κ1) is 31.3. The second kappa shape index (κ2) is 13.3. The molecule has 0 aliphatic heterocycles. The lowest BCUT2D eigenvalue weighted by Gasteiger charge is -2.25. The molecule has 0 fully saturated rings. The quantitative estimate of drug-likeness (QED) is 0.166. The lowest BCUT2D eigenvalue weighted by Crippen LogP contribution is -2.09. The summed E-state index contributed by atoms with van der Waals surface area (Å²) in [4.78, 5) is 21.7. The highest BCUT2D eigenvalue weighted by molar-refractivity contribution is 6.19.